The largest absolute Gasteiger partial charge is 0.235 e. The molecule has 2 nitrogen and oxygen atoms in total. The number of aromatic nitrogens is 1. The van der Waals surface area contributed by atoms with E-state index in [2.05, 4.69) is 20.9 Å². The first-order valence-electron chi connectivity index (χ1n) is 3.98. The summed E-state index contributed by atoms with van der Waals surface area (Å²) in [7, 11) is 0. The summed E-state index contributed by atoms with van der Waals surface area (Å²) < 4.78 is 0.716. The van der Waals surface area contributed by atoms with Crippen LogP contribution in [0.15, 0.2) is 22.7 Å². The molecule has 74 valence electrons. The Hall–Kier alpha value is -0.820. The summed E-state index contributed by atoms with van der Waals surface area (Å²) in [4.78, 5) is 4.10. The van der Waals surface area contributed by atoms with Crippen molar-refractivity contribution >= 4 is 50.0 Å². The second kappa shape index (κ2) is 3.97. The van der Waals surface area contributed by atoms with E-state index in [0.29, 0.717) is 25.7 Å². The number of rotatable bonds is 0. The highest BCUT2D eigenvalue weighted by Crippen LogP contribution is 2.35. The maximum Gasteiger partial charge on any atom is 0.141 e. The summed E-state index contributed by atoms with van der Waals surface area (Å²) in [5.41, 5.74) is 0.867. The van der Waals surface area contributed by atoms with E-state index in [0.717, 1.165) is 5.39 Å². The molecule has 0 amide bonds. The molecule has 0 fully saturated rings. The van der Waals surface area contributed by atoms with E-state index in [-0.39, 0.29) is 0 Å². The van der Waals surface area contributed by atoms with Crippen molar-refractivity contribution in [3.8, 4) is 6.07 Å². The molecule has 1 aromatic carbocycles. The third-order valence-corrected chi connectivity index (χ3v) is 3.64. The smallest absolute Gasteiger partial charge is 0.141 e. The van der Waals surface area contributed by atoms with Gasteiger partial charge in [0.05, 0.1) is 15.6 Å². The molecule has 0 aliphatic carbocycles. The molecule has 0 aliphatic heterocycles. The molecule has 1 aromatic heterocycles. The molecule has 0 N–H and O–H groups in total. The zero-order chi connectivity index (χ0) is 11.0. The zero-order valence-electron chi connectivity index (χ0n) is 7.26. The van der Waals surface area contributed by atoms with Crippen molar-refractivity contribution in [1.29, 1.82) is 5.26 Å². The number of halogens is 3. The first kappa shape index (κ1) is 10.7. The van der Waals surface area contributed by atoms with Crippen LogP contribution in [0.1, 0.15) is 5.69 Å². The number of fused-ring (bicyclic) bond motifs is 1. The van der Waals surface area contributed by atoms with Crippen molar-refractivity contribution in [3.63, 3.8) is 0 Å². The van der Waals surface area contributed by atoms with Crippen molar-refractivity contribution in [3.05, 3.63) is 38.4 Å². The fraction of sp³-hybridized carbons (Fsp3) is 0. The second-order valence-corrected chi connectivity index (χ2v) is 4.48. The number of benzene rings is 1. The zero-order valence-corrected chi connectivity index (χ0v) is 10.4. The summed E-state index contributed by atoms with van der Waals surface area (Å²) in [5, 5.41) is 10.3. The molecule has 0 spiro atoms. The molecule has 2 rings (SSSR count). The molecular weight excluding hydrogens is 299 g/mol. The Bertz CT molecular complexity index is 590. The molecule has 0 saturated heterocycles. The Morgan fingerprint density at radius 3 is 2.67 bits per heavy atom. The van der Waals surface area contributed by atoms with E-state index >= 15 is 0 Å². The van der Waals surface area contributed by atoms with Gasteiger partial charge in [-0.15, -0.1) is 0 Å². The summed E-state index contributed by atoms with van der Waals surface area (Å²) >= 11 is 15.3. The number of nitriles is 1. The van der Waals surface area contributed by atoms with Gasteiger partial charge in [-0.3, -0.25) is 0 Å². The molecule has 2 aromatic rings. The van der Waals surface area contributed by atoms with Gasteiger partial charge < -0.3 is 0 Å². The minimum atomic E-state index is 0.322. The summed E-state index contributed by atoms with van der Waals surface area (Å²) in [6, 6.07) is 7.20. The lowest BCUT2D eigenvalue weighted by atomic mass is 10.2. The molecule has 0 unspecified atom stereocenters. The van der Waals surface area contributed by atoms with Crippen LogP contribution in [0.4, 0.5) is 0 Å². The van der Waals surface area contributed by atoms with Crippen LogP contribution in [0, 0.1) is 11.3 Å². The van der Waals surface area contributed by atoms with Gasteiger partial charge in [-0.05, 0) is 34.1 Å². The van der Waals surface area contributed by atoms with Crippen molar-refractivity contribution in [1.82, 2.24) is 4.98 Å². The predicted octanol–water partition coefficient (Wildman–Crippen LogP) is 4.18. The molecule has 1 heterocycles. The van der Waals surface area contributed by atoms with Crippen molar-refractivity contribution in [2.24, 2.45) is 0 Å². The summed E-state index contributed by atoms with van der Waals surface area (Å²) in [6.07, 6.45) is 0. The van der Waals surface area contributed by atoms with Crippen LogP contribution in [-0.2, 0) is 0 Å². The number of hydrogen-bond acceptors (Lipinski definition) is 2. The first-order chi connectivity index (χ1) is 7.13. The van der Waals surface area contributed by atoms with Crippen LogP contribution in [-0.4, -0.2) is 4.98 Å². The first-order valence-corrected chi connectivity index (χ1v) is 5.52. The fourth-order valence-electron chi connectivity index (χ4n) is 1.23. The Labute approximate surface area is 105 Å². The van der Waals surface area contributed by atoms with E-state index in [1.165, 1.54) is 0 Å². The second-order valence-electron chi connectivity index (χ2n) is 2.87. The number of nitrogens with zero attached hydrogens (tertiary/aromatic N) is 2. The van der Waals surface area contributed by atoms with Crippen LogP contribution in [0.25, 0.3) is 10.9 Å². The third-order valence-electron chi connectivity index (χ3n) is 1.93. The van der Waals surface area contributed by atoms with Gasteiger partial charge in [0.25, 0.3) is 0 Å². The Kier molecular flexibility index (Phi) is 2.83. The predicted molar refractivity (Wildman–Crippen MR) is 64.2 cm³/mol. The molecule has 0 radical (unpaired) electrons. The van der Waals surface area contributed by atoms with E-state index < -0.39 is 0 Å². The summed E-state index contributed by atoms with van der Waals surface area (Å²) in [5.74, 6) is 0. The molecule has 0 aliphatic rings. The van der Waals surface area contributed by atoms with Crippen molar-refractivity contribution < 1.29 is 0 Å². The monoisotopic (exact) mass is 300 g/mol. The lowest BCUT2D eigenvalue weighted by Crippen LogP contribution is -1.86. The van der Waals surface area contributed by atoms with E-state index in [4.69, 9.17) is 28.5 Å². The van der Waals surface area contributed by atoms with E-state index in [1.807, 2.05) is 12.1 Å². The average Bonchev–Trinajstić information content (AvgIpc) is 2.26. The normalized spacial score (nSPS) is 10.3. The van der Waals surface area contributed by atoms with Crippen LogP contribution in [0.2, 0.25) is 10.0 Å². The van der Waals surface area contributed by atoms with Gasteiger partial charge in [-0.1, -0.05) is 23.2 Å². The third kappa shape index (κ3) is 1.81. The van der Waals surface area contributed by atoms with Crippen LogP contribution >= 0.6 is 39.1 Å². The average molecular weight is 302 g/mol. The van der Waals surface area contributed by atoms with Gasteiger partial charge in [-0.2, -0.15) is 5.26 Å². The topological polar surface area (TPSA) is 36.7 Å². The molecule has 0 atom stereocenters. The lowest BCUT2D eigenvalue weighted by Gasteiger charge is -2.04. The lowest BCUT2D eigenvalue weighted by molar-refractivity contribution is 1.32. The van der Waals surface area contributed by atoms with Gasteiger partial charge in [0.1, 0.15) is 11.8 Å². The molecule has 0 bridgehead atoms. The highest BCUT2D eigenvalue weighted by Gasteiger charge is 2.10. The van der Waals surface area contributed by atoms with E-state index in [9.17, 15) is 0 Å². The van der Waals surface area contributed by atoms with Crippen LogP contribution in [0.5, 0.6) is 0 Å². The highest BCUT2D eigenvalue weighted by atomic mass is 79.9. The van der Waals surface area contributed by atoms with Crippen LogP contribution < -0.4 is 0 Å². The Morgan fingerprint density at radius 1 is 1.27 bits per heavy atom. The maximum atomic E-state index is 8.71. The quantitative estimate of drug-likeness (QED) is 0.685. The number of pyridine rings is 1. The van der Waals surface area contributed by atoms with Gasteiger partial charge in [0.2, 0.25) is 0 Å². The van der Waals surface area contributed by atoms with Crippen molar-refractivity contribution in [2.75, 3.05) is 0 Å². The molecule has 5 heteroatoms. The highest BCUT2D eigenvalue weighted by molar-refractivity contribution is 9.10. The minimum Gasteiger partial charge on any atom is -0.235 e. The Balaban J connectivity index is 2.89. The van der Waals surface area contributed by atoms with Crippen molar-refractivity contribution in [2.45, 2.75) is 0 Å². The SMILES string of the molecule is N#Cc1ccc2cc(Br)c(Cl)c(Cl)c2n1. The maximum absolute atomic E-state index is 8.71. The van der Waals surface area contributed by atoms with Gasteiger partial charge in [0, 0.05) is 9.86 Å². The van der Waals surface area contributed by atoms with Gasteiger partial charge in [0.15, 0.2) is 0 Å². The molecule has 0 saturated carbocycles. The van der Waals surface area contributed by atoms with E-state index in [1.54, 1.807) is 12.1 Å². The Morgan fingerprint density at radius 2 is 2.00 bits per heavy atom. The van der Waals surface area contributed by atoms with Gasteiger partial charge >= 0.3 is 0 Å². The molecule has 15 heavy (non-hydrogen) atoms. The van der Waals surface area contributed by atoms with Gasteiger partial charge in [-0.25, -0.2) is 4.98 Å². The molecular formula is C10H3BrCl2N2. The standard InChI is InChI=1S/C10H3BrCl2N2/c11-7-3-5-1-2-6(4-14)15-10(5)9(13)8(7)12/h1-3H. The summed E-state index contributed by atoms with van der Waals surface area (Å²) in [6.45, 7) is 0. The fourth-order valence-corrected chi connectivity index (χ4v) is 2.19. The van der Waals surface area contributed by atoms with Crippen LogP contribution in [0.3, 0.4) is 0 Å². The minimum absolute atomic E-state index is 0.322. The number of hydrogen-bond donors (Lipinski definition) is 0.